The largest absolute Gasteiger partial charge is 0.313 e. The molecule has 2 atom stereocenters. The molecule has 0 aliphatic carbocycles. The lowest BCUT2D eigenvalue weighted by Crippen LogP contribution is -2.30. The van der Waals surface area contributed by atoms with Gasteiger partial charge in [-0.15, -0.1) is 6.58 Å². The third-order valence-electron chi connectivity index (χ3n) is 2.37. The first-order valence-corrected chi connectivity index (χ1v) is 4.63. The molecule has 0 fully saturated rings. The molecule has 70 valence electrons. The van der Waals surface area contributed by atoms with Crippen LogP contribution in [0.1, 0.15) is 27.2 Å². The van der Waals surface area contributed by atoms with E-state index in [1.807, 2.05) is 13.1 Å². The first kappa shape index (κ1) is 11.4. The summed E-state index contributed by atoms with van der Waals surface area (Å²) in [7, 11) is 1.97. The summed E-state index contributed by atoms with van der Waals surface area (Å²) in [6.07, 6.45) is 5.36. The van der Waals surface area contributed by atoms with Crippen LogP contribution in [0.3, 0.4) is 0 Å². The summed E-state index contributed by atoms with van der Waals surface area (Å²) in [6, 6.07) is 0.396. The highest BCUT2D eigenvalue weighted by molar-refractivity contribution is 5.08. The molecule has 0 amide bonds. The molecule has 0 aromatic carbocycles. The van der Waals surface area contributed by atoms with Crippen molar-refractivity contribution in [2.45, 2.75) is 33.2 Å². The van der Waals surface area contributed by atoms with Gasteiger partial charge in [0.2, 0.25) is 0 Å². The SMILES string of the molecule is C=CC(NC)C(C)/C(C)=C\CC. The van der Waals surface area contributed by atoms with E-state index < -0.39 is 0 Å². The number of hydrogen-bond donors (Lipinski definition) is 1. The van der Waals surface area contributed by atoms with Crippen LogP contribution in [0.5, 0.6) is 0 Å². The van der Waals surface area contributed by atoms with Crippen LogP contribution in [0.15, 0.2) is 24.3 Å². The van der Waals surface area contributed by atoms with E-state index in [0.29, 0.717) is 12.0 Å². The summed E-state index contributed by atoms with van der Waals surface area (Å²) in [5.74, 6) is 0.549. The Morgan fingerprint density at radius 2 is 2.17 bits per heavy atom. The van der Waals surface area contributed by atoms with Gasteiger partial charge in [-0.25, -0.2) is 0 Å². The molecule has 0 saturated heterocycles. The van der Waals surface area contributed by atoms with Gasteiger partial charge in [-0.2, -0.15) is 0 Å². The zero-order valence-corrected chi connectivity index (χ0v) is 8.72. The zero-order chi connectivity index (χ0) is 9.56. The van der Waals surface area contributed by atoms with Crippen LogP contribution in [0.4, 0.5) is 0 Å². The fourth-order valence-electron chi connectivity index (χ4n) is 1.36. The average molecular weight is 167 g/mol. The van der Waals surface area contributed by atoms with Gasteiger partial charge >= 0.3 is 0 Å². The molecule has 1 heteroatoms. The van der Waals surface area contributed by atoms with Crippen LogP contribution in [0.25, 0.3) is 0 Å². The number of rotatable bonds is 5. The Hall–Kier alpha value is -0.560. The van der Waals surface area contributed by atoms with E-state index in [4.69, 9.17) is 0 Å². The molecule has 2 unspecified atom stereocenters. The second-order valence-electron chi connectivity index (χ2n) is 3.20. The standard InChI is InChI=1S/C11H21N/c1-6-8-9(3)10(4)11(7-2)12-5/h7-8,10-12H,2,6H2,1,3-5H3/b9-8-. The molecule has 0 heterocycles. The highest BCUT2D eigenvalue weighted by Gasteiger charge is 2.12. The lowest BCUT2D eigenvalue weighted by molar-refractivity contribution is 0.520. The zero-order valence-electron chi connectivity index (χ0n) is 8.72. The third-order valence-corrected chi connectivity index (χ3v) is 2.37. The molecule has 0 aromatic rings. The van der Waals surface area contributed by atoms with Gasteiger partial charge in [0.15, 0.2) is 0 Å². The molecule has 1 nitrogen and oxygen atoms in total. The van der Waals surface area contributed by atoms with Crippen LogP contribution in [0.2, 0.25) is 0 Å². The van der Waals surface area contributed by atoms with E-state index in [1.54, 1.807) is 0 Å². The molecular weight excluding hydrogens is 146 g/mol. The monoisotopic (exact) mass is 167 g/mol. The van der Waals surface area contributed by atoms with Crippen molar-refractivity contribution in [3.63, 3.8) is 0 Å². The fraction of sp³-hybridized carbons (Fsp3) is 0.636. The van der Waals surface area contributed by atoms with Crippen molar-refractivity contribution >= 4 is 0 Å². The van der Waals surface area contributed by atoms with Crippen LogP contribution >= 0.6 is 0 Å². The molecule has 0 aliphatic heterocycles. The predicted octanol–water partition coefficient (Wildman–Crippen LogP) is 2.75. The van der Waals surface area contributed by atoms with E-state index >= 15 is 0 Å². The molecule has 0 rings (SSSR count). The van der Waals surface area contributed by atoms with Crippen LogP contribution in [-0.2, 0) is 0 Å². The van der Waals surface area contributed by atoms with Gasteiger partial charge in [-0.05, 0) is 26.3 Å². The quantitative estimate of drug-likeness (QED) is 0.621. The van der Waals surface area contributed by atoms with Crippen molar-refractivity contribution in [3.05, 3.63) is 24.3 Å². The number of hydrogen-bond acceptors (Lipinski definition) is 1. The van der Waals surface area contributed by atoms with Crippen LogP contribution in [0, 0.1) is 5.92 Å². The molecular formula is C11H21N. The van der Waals surface area contributed by atoms with Gasteiger partial charge in [-0.1, -0.05) is 31.6 Å². The summed E-state index contributed by atoms with van der Waals surface area (Å²) < 4.78 is 0. The van der Waals surface area contributed by atoms with E-state index in [-0.39, 0.29) is 0 Å². The predicted molar refractivity (Wildman–Crippen MR) is 56.3 cm³/mol. The minimum atomic E-state index is 0.396. The third kappa shape index (κ3) is 3.22. The minimum Gasteiger partial charge on any atom is -0.313 e. The number of nitrogens with one attached hydrogen (secondary N) is 1. The van der Waals surface area contributed by atoms with Crippen LogP contribution < -0.4 is 5.32 Å². The number of allylic oxidation sites excluding steroid dienone is 1. The molecule has 12 heavy (non-hydrogen) atoms. The van der Waals surface area contributed by atoms with Crippen molar-refractivity contribution in [2.75, 3.05) is 7.05 Å². The molecule has 1 N–H and O–H groups in total. The highest BCUT2D eigenvalue weighted by atomic mass is 14.9. The fourth-order valence-corrected chi connectivity index (χ4v) is 1.36. The van der Waals surface area contributed by atoms with E-state index in [1.165, 1.54) is 5.57 Å². The maximum atomic E-state index is 3.81. The Bertz CT molecular complexity index is 158. The summed E-state index contributed by atoms with van der Waals surface area (Å²) in [6.45, 7) is 10.4. The Morgan fingerprint density at radius 1 is 1.58 bits per heavy atom. The molecule has 0 saturated carbocycles. The van der Waals surface area contributed by atoms with Crippen molar-refractivity contribution in [1.82, 2.24) is 5.32 Å². The molecule has 0 bridgehead atoms. The highest BCUT2D eigenvalue weighted by Crippen LogP contribution is 2.15. The molecule has 0 aromatic heterocycles. The first-order valence-electron chi connectivity index (χ1n) is 4.63. The minimum absolute atomic E-state index is 0.396. The van der Waals surface area contributed by atoms with Crippen LogP contribution in [-0.4, -0.2) is 13.1 Å². The Morgan fingerprint density at radius 3 is 2.50 bits per heavy atom. The van der Waals surface area contributed by atoms with Gasteiger partial charge in [0.1, 0.15) is 0 Å². The van der Waals surface area contributed by atoms with Gasteiger partial charge in [0, 0.05) is 6.04 Å². The molecule has 0 aliphatic rings. The first-order chi connectivity index (χ1) is 5.67. The van der Waals surface area contributed by atoms with Crippen molar-refractivity contribution in [2.24, 2.45) is 5.92 Å². The maximum Gasteiger partial charge on any atom is 0.0307 e. The Balaban J connectivity index is 4.24. The van der Waals surface area contributed by atoms with Gasteiger partial charge < -0.3 is 5.32 Å². The van der Waals surface area contributed by atoms with Gasteiger partial charge in [-0.3, -0.25) is 0 Å². The van der Waals surface area contributed by atoms with E-state index in [0.717, 1.165) is 6.42 Å². The normalized spacial score (nSPS) is 17.2. The van der Waals surface area contributed by atoms with Gasteiger partial charge in [0.25, 0.3) is 0 Å². The maximum absolute atomic E-state index is 3.81. The summed E-state index contributed by atoms with van der Waals surface area (Å²) >= 11 is 0. The topological polar surface area (TPSA) is 12.0 Å². The average Bonchev–Trinajstić information content (AvgIpc) is 2.07. The lowest BCUT2D eigenvalue weighted by atomic mass is 9.93. The van der Waals surface area contributed by atoms with Crippen molar-refractivity contribution in [3.8, 4) is 0 Å². The van der Waals surface area contributed by atoms with Crippen molar-refractivity contribution < 1.29 is 0 Å². The lowest BCUT2D eigenvalue weighted by Gasteiger charge is -2.20. The van der Waals surface area contributed by atoms with Crippen molar-refractivity contribution in [1.29, 1.82) is 0 Å². The second kappa shape index (κ2) is 6.01. The Labute approximate surface area is 76.6 Å². The molecule has 0 radical (unpaired) electrons. The summed E-state index contributed by atoms with van der Waals surface area (Å²) in [4.78, 5) is 0. The number of likely N-dealkylation sites (N-methyl/N-ethyl adjacent to an activating group) is 1. The second-order valence-corrected chi connectivity index (χ2v) is 3.20. The summed E-state index contributed by atoms with van der Waals surface area (Å²) in [5.41, 5.74) is 1.44. The van der Waals surface area contributed by atoms with E-state index in [9.17, 15) is 0 Å². The Kier molecular flexibility index (Phi) is 5.73. The smallest absolute Gasteiger partial charge is 0.0307 e. The van der Waals surface area contributed by atoms with Gasteiger partial charge in [0.05, 0.1) is 0 Å². The van der Waals surface area contributed by atoms with E-state index in [2.05, 4.69) is 38.7 Å². The summed E-state index contributed by atoms with van der Waals surface area (Å²) in [5, 5.41) is 3.23. The molecule has 0 spiro atoms.